The summed E-state index contributed by atoms with van der Waals surface area (Å²) < 4.78 is 0. The molecule has 10 heteroatoms. The smallest absolute Gasteiger partial charge is 0.256 e. The summed E-state index contributed by atoms with van der Waals surface area (Å²) in [6.07, 6.45) is 6.64. The molecule has 0 bridgehead atoms. The number of nitrogens with zero attached hydrogens (tertiary/aromatic N) is 5. The van der Waals surface area contributed by atoms with Crippen molar-refractivity contribution in [1.82, 2.24) is 25.3 Å². The molecule has 3 aromatic rings. The fraction of sp³-hybridized carbons (Fsp3) is 0.360. The summed E-state index contributed by atoms with van der Waals surface area (Å²) in [6, 6.07) is 5.20. The number of aryl methyl sites for hydroxylation is 1. The zero-order chi connectivity index (χ0) is 25.2. The van der Waals surface area contributed by atoms with Crippen molar-refractivity contribution < 1.29 is 9.90 Å². The van der Waals surface area contributed by atoms with Gasteiger partial charge in [0.15, 0.2) is 5.82 Å². The van der Waals surface area contributed by atoms with Gasteiger partial charge in [-0.15, -0.1) is 0 Å². The van der Waals surface area contributed by atoms with E-state index in [1.54, 1.807) is 18.3 Å². The lowest BCUT2D eigenvalue weighted by atomic mass is 9.93. The highest BCUT2D eigenvalue weighted by Crippen LogP contribution is 2.27. The van der Waals surface area contributed by atoms with E-state index in [0.29, 0.717) is 34.1 Å². The Morgan fingerprint density at radius 3 is 2.63 bits per heavy atom. The number of nitrogens with one attached hydrogen (secondary N) is 3. The molecule has 2 aromatic heterocycles. The molecule has 0 radical (unpaired) electrons. The van der Waals surface area contributed by atoms with Crippen LogP contribution in [0.1, 0.15) is 49.5 Å². The average Bonchev–Trinajstić information content (AvgIpc) is 3.34. The Labute approximate surface area is 204 Å². The van der Waals surface area contributed by atoms with E-state index < -0.39 is 11.3 Å². The first-order chi connectivity index (χ1) is 16.6. The lowest BCUT2D eigenvalue weighted by Crippen LogP contribution is -2.29. The van der Waals surface area contributed by atoms with Gasteiger partial charge in [-0.05, 0) is 37.5 Å². The molecule has 0 aliphatic carbocycles. The molecular weight excluding hydrogens is 444 g/mol. The number of amides is 1. The molecule has 0 saturated carbocycles. The number of rotatable bonds is 5. The third-order valence-electron chi connectivity index (χ3n) is 5.80. The molecule has 35 heavy (non-hydrogen) atoms. The first-order valence-electron chi connectivity index (χ1n) is 11.5. The van der Waals surface area contributed by atoms with Gasteiger partial charge in [-0.3, -0.25) is 10.2 Å². The number of aliphatic hydroxyl groups is 1. The highest BCUT2D eigenvalue weighted by Gasteiger charge is 2.19. The van der Waals surface area contributed by atoms with Gasteiger partial charge < -0.3 is 20.6 Å². The zero-order valence-electron chi connectivity index (χ0n) is 20.4. The monoisotopic (exact) mass is 474 g/mol. The van der Waals surface area contributed by atoms with Crippen molar-refractivity contribution in [1.29, 1.82) is 5.41 Å². The van der Waals surface area contributed by atoms with E-state index in [0.717, 1.165) is 31.5 Å². The molecule has 1 aliphatic rings. The Morgan fingerprint density at radius 1 is 1.17 bits per heavy atom. The van der Waals surface area contributed by atoms with Crippen LogP contribution in [0.5, 0.6) is 0 Å². The maximum Gasteiger partial charge on any atom is 0.256 e. The largest absolute Gasteiger partial charge is 0.512 e. The molecule has 1 amide bonds. The number of anilines is 3. The summed E-state index contributed by atoms with van der Waals surface area (Å²) in [6.45, 7) is 9.24. The van der Waals surface area contributed by atoms with Gasteiger partial charge in [-0.1, -0.05) is 26.8 Å². The predicted molar refractivity (Wildman–Crippen MR) is 136 cm³/mol. The molecule has 1 aliphatic heterocycles. The maximum absolute atomic E-state index is 12.8. The number of amidine groups is 1. The molecule has 3 heterocycles. The third kappa shape index (κ3) is 5.53. The highest BCUT2D eigenvalue weighted by molar-refractivity contribution is 6.09. The van der Waals surface area contributed by atoms with Gasteiger partial charge in [0.25, 0.3) is 5.91 Å². The quantitative estimate of drug-likeness (QED) is 0.244. The molecule has 0 atom stereocenters. The fourth-order valence-corrected chi connectivity index (χ4v) is 3.62. The average molecular weight is 475 g/mol. The van der Waals surface area contributed by atoms with E-state index in [1.807, 2.05) is 33.8 Å². The Kier molecular flexibility index (Phi) is 6.63. The van der Waals surface area contributed by atoms with E-state index in [1.165, 1.54) is 12.4 Å². The lowest BCUT2D eigenvalue weighted by Gasteiger charge is -2.17. The number of benzene rings is 1. The minimum atomic E-state index is -0.517. The number of hydrogen-bond acceptors (Lipinski definition) is 9. The highest BCUT2D eigenvalue weighted by atomic mass is 16.3. The molecule has 4 N–H and O–H groups in total. The van der Waals surface area contributed by atoms with Gasteiger partial charge in [-0.25, -0.2) is 19.9 Å². The number of allylic oxidation sites excluding steroid dienone is 1. The minimum Gasteiger partial charge on any atom is -0.512 e. The number of fused-ring (bicyclic) bond motifs is 1. The number of carbonyl (C=O) groups is 1. The van der Waals surface area contributed by atoms with E-state index in [2.05, 4.69) is 30.5 Å². The van der Waals surface area contributed by atoms with E-state index in [9.17, 15) is 9.90 Å². The Hall–Kier alpha value is -4.08. The second-order valence-electron chi connectivity index (χ2n) is 9.62. The Morgan fingerprint density at radius 2 is 1.91 bits per heavy atom. The van der Waals surface area contributed by atoms with Gasteiger partial charge >= 0.3 is 0 Å². The third-order valence-corrected chi connectivity index (χ3v) is 5.80. The maximum atomic E-state index is 12.8. The normalized spacial score (nSPS) is 14.3. The van der Waals surface area contributed by atoms with E-state index in [4.69, 9.17) is 10.4 Å². The van der Waals surface area contributed by atoms with Crippen molar-refractivity contribution in [2.45, 2.75) is 40.5 Å². The van der Waals surface area contributed by atoms with Crippen LogP contribution in [0.4, 0.5) is 17.5 Å². The zero-order valence-corrected chi connectivity index (χ0v) is 20.4. The molecule has 0 spiro atoms. The van der Waals surface area contributed by atoms with Crippen LogP contribution >= 0.6 is 0 Å². The van der Waals surface area contributed by atoms with E-state index >= 15 is 0 Å². The first kappa shape index (κ1) is 24.1. The van der Waals surface area contributed by atoms with Crippen molar-refractivity contribution in [3.63, 3.8) is 0 Å². The summed E-state index contributed by atoms with van der Waals surface area (Å²) in [7, 11) is 0. The first-order valence-corrected chi connectivity index (χ1v) is 11.5. The Bertz CT molecular complexity index is 1310. The number of aliphatic hydroxyl groups excluding tert-OH is 1. The molecule has 4 rings (SSSR count). The van der Waals surface area contributed by atoms with Crippen molar-refractivity contribution in [2.24, 2.45) is 5.41 Å². The summed E-state index contributed by atoms with van der Waals surface area (Å²) in [5, 5.41) is 23.9. The summed E-state index contributed by atoms with van der Waals surface area (Å²) in [4.78, 5) is 32.8. The molecule has 10 nitrogen and oxygen atoms in total. The summed E-state index contributed by atoms with van der Waals surface area (Å²) >= 11 is 0. The molecular formula is C25H30N8O2. The number of aromatic nitrogens is 4. The van der Waals surface area contributed by atoms with Gasteiger partial charge in [0.1, 0.15) is 29.0 Å². The lowest BCUT2D eigenvalue weighted by molar-refractivity contribution is 0.0977. The van der Waals surface area contributed by atoms with Gasteiger partial charge in [0.05, 0.1) is 6.20 Å². The van der Waals surface area contributed by atoms with Crippen molar-refractivity contribution in [3.8, 4) is 0 Å². The van der Waals surface area contributed by atoms with Crippen molar-refractivity contribution in [3.05, 3.63) is 53.7 Å². The van der Waals surface area contributed by atoms with Crippen molar-refractivity contribution in [2.75, 3.05) is 23.3 Å². The van der Waals surface area contributed by atoms with Gasteiger partial charge in [0.2, 0.25) is 5.95 Å². The van der Waals surface area contributed by atoms with Crippen molar-refractivity contribution >= 4 is 40.2 Å². The standard InChI is InChI=1S/C25H30N8O2/c1-15-7-8-16(23(35)31-20(26)12-19(34)25(2,3)4)11-17(15)30-22-21-18(28-14-29-22)13-27-24(32-21)33-9-5-6-10-33/h7-8,11-14,34H,5-6,9-10H2,1-4H3,(H2,26,31,35)(H,28,29,30)/b19-12-. The van der Waals surface area contributed by atoms with Gasteiger partial charge in [0, 0.05) is 35.8 Å². The predicted octanol–water partition coefficient (Wildman–Crippen LogP) is 4.27. The van der Waals surface area contributed by atoms with Crippen LogP contribution < -0.4 is 15.5 Å². The SMILES string of the molecule is Cc1ccc(C(=O)NC(=N)/C=C(\O)C(C)(C)C)cc1Nc1ncnc2cnc(N3CCCC3)nc12. The Balaban J connectivity index is 1.58. The van der Waals surface area contributed by atoms with Crippen LogP contribution in [-0.4, -0.2) is 49.9 Å². The van der Waals surface area contributed by atoms with Crippen LogP contribution in [0.2, 0.25) is 0 Å². The number of hydrogen-bond donors (Lipinski definition) is 4. The minimum absolute atomic E-state index is 0.0139. The molecule has 1 aromatic carbocycles. The second-order valence-corrected chi connectivity index (χ2v) is 9.62. The molecule has 1 fully saturated rings. The van der Waals surface area contributed by atoms with Crippen LogP contribution in [0, 0.1) is 17.7 Å². The van der Waals surface area contributed by atoms with Crippen LogP contribution in [0.25, 0.3) is 11.0 Å². The van der Waals surface area contributed by atoms with Crippen LogP contribution in [0.3, 0.4) is 0 Å². The topological polar surface area (TPSA) is 140 Å². The molecule has 182 valence electrons. The molecule has 0 unspecified atom stereocenters. The fourth-order valence-electron chi connectivity index (χ4n) is 3.62. The molecule has 1 saturated heterocycles. The van der Waals surface area contributed by atoms with Crippen LogP contribution in [0.15, 0.2) is 42.6 Å². The second kappa shape index (κ2) is 9.65. The summed E-state index contributed by atoms with van der Waals surface area (Å²) in [5.74, 6) is 0.541. The van der Waals surface area contributed by atoms with Crippen LogP contribution in [-0.2, 0) is 0 Å². The summed E-state index contributed by atoms with van der Waals surface area (Å²) in [5.41, 5.74) is 2.65. The van der Waals surface area contributed by atoms with Gasteiger partial charge in [-0.2, -0.15) is 0 Å². The number of carbonyl (C=O) groups excluding carboxylic acids is 1. The van der Waals surface area contributed by atoms with E-state index in [-0.39, 0.29) is 11.6 Å².